The topological polar surface area (TPSA) is 188 Å². The first-order chi connectivity index (χ1) is 30.4. The van der Waals surface area contributed by atoms with Gasteiger partial charge in [-0.1, -0.05) is 0 Å². The lowest BCUT2D eigenvalue weighted by atomic mass is 9.91. The van der Waals surface area contributed by atoms with Crippen LogP contribution in [0.4, 0.5) is 21.9 Å². The maximum atomic E-state index is 13.5. The Kier molecular flexibility index (Phi) is 10.4. The zero-order valence-electron chi connectivity index (χ0n) is 35.6. The van der Waals surface area contributed by atoms with E-state index >= 15 is 0 Å². The molecule has 0 unspecified atom stereocenters. The molecule has 5 amide bonds. The highest BCUT2D eigenvalue weighted by Crippen LogP contribution is 2.35. The second-order valence-corrected chi connectivity index (χ2v) is 18.3. The molecule has 63 heavy (non-hydrogen) atoms. The van der Waals surface area contributed by atoms with Gasteiger partial charge in [0.05, 0.1) is 34.4 Å². The smallest absolute Gasteiger partial charge is 0.328 e. The molecule has 3 aromatic heterocycles. The summed E-state index contributed by atoms with van der Waals surface area (Å²) in [6.45, 7) is 11.0. The Hall–Kier alpha value is -6.35. The van der Waals surface area contributed by atoms with Crippen molar-refractivity contribution in [3.63, 3.8) is 0 Å². The number of aromatic nitrogens is 4. The van der Waals surface area contributed by atoms with Gasteiger partial charge in [0.25, 0.3) is 5.91 Å². The van der Waals surface area contributed by atoms with Crippen LogP contribution in [0, 0.1) is 17.2 Å². The lowest BCUT2D eigenvalue weighted by Crippen LogP contribution is -2.71. The van der Waals surface area contributed by atoms with Gasteiger partial charge in [0.2, 0.25) is 11.8 Å². The fraction of sp³-hybridized carbons (Fsp3) is 0.457. The number of likely N-dealkylation sites (tertiary alicyclic amines) is 3. The molecule has 0 spiro atoms. The van der Waals surface area contributed by atoms with Crippen LogP contribution in [0.1, 0.15) is 73.6 Å². The quantitative estimate of drug-likeness (QED) is 0.195. The minimum absolute atomic E-state index is 0.0515. The molecule has 17 heteroatoms. The predicted molar refractivity (Wildman–Crippen MR) is 235 cm³/mol. The number of fused-ring (bicyclic) bond motifs is 2. The molecule has 5 fully saturated rings. The van der Waals surface area contributed by atoms with E-state index in [1.54, 1.807) is 36.9 Å². The standard InChI is InChI=1S/C46H52N12O5/c1-46(2,63)38-21-39-31(20-40(38)49-43(60)41-8-7-35-19-29(22-47)23-48-58(35)41)24-57(51-39)34-11-16-53(17-12-34)36-25-54(26-36)37-27-55(28-37)44(61)30-9-14-52(15-10-30)32-3-5-33(6-4-32)56-18-13-42(59)50-45(56)62/h3-8,19-21,23-24,30,34,36-37,63H,9-18,25-28H2,1-2H3,(H,49,60)(H,50,59,62). The van der Waals surface area contributed by atoms with Crippen molar-refractivity contribution in [1.29, 1.82) is 5.26 Å². The number of carbonyl (C=O) groups excluding carboxylic acids is 4. The third kappa shape index (κ3) is 7.87. The number of aliphatic hydroxyl groups is 1. The number of amides is 5. The van der Waals surface area contributed by atoms with E-state index in [-0.39, 0.29) is 35.7 Å². The number of anilines is 3. The molecule has 0 aliphatic carbocycles. The van der Waals surface area contributed by atoms with Crippen molar-refractivity contribution in [1.82, 2.24) is 39.4 Å². The fourth-order valence-corrected chi connectivity index (χ4v) is 10.0. The summed E-state index contributed by atoms with van der Waals surface area (Å²) in [5, 5.41) is 35.9. The molecule has 5 aliphatic rings. The molecule has 326 valence electrons. The number of carbonyl (C=O) groups is 4. The van der Waals surface area contributed by atoms with Crippen molar-refractivity contribution in [2.75, 3.05) is 74.0 Å². The van der Waals surface area contributed by atoms with Crippen LogP contribution in [-0.4, -0.2) is 134 Å². The van der Waals surface area contributed by atoms with Crippen molar-refractivity contribution in [3.8, 4) is 6.07 Å². The van der Waals surface area contributed by atoms with Gasteiger partial charge in [-0.3, -0.25) is 39.1 Å². The second-order valence-electron chi connectivity index (χ2n) is 18.3. The average molecular weight is 853 g/mol. The van der Waals surface area contributed by atoms with Crippen LogP contribution in [0.5, 0.6) is 0 Å². The highest BCUT2D eigenvalue weighted by atomic mass is 16.3. The number of rotatable bonds is 9. The van der Waals surface area contributed by atoms with E-state index in [9.17, 15) is 29.5 Å². The zero-order chi connectivity index (χ0) is 43.6. The van der Waals surface area contributed by atoms with E-state index in [0.717, 1.165) is 100 Å². The number of imide groups is 1. The van der Waals surface area contributed by atoms with Gasteiger partial charge in [-0.2, -0.15) is 15.5 Å². The number of urea groups is 1. The van der Waals surface area contributed by atoms with Crippen molar-refractivity contribution in [2.45, 2.75) is 69.7 Å². The Labute approximate surface area is 364 Å². The zero-order valence-corrected chi connectivity index (χ0v) is 35.6. The number of nitriles is 1. The van der Waals surface area contributed by atoms with Crippen LogP contribution < -0.4 is 20.4 Å². The molecular formula is C46H52N12O5. The Bertz CT molecular complexity index is 2630. The van der Waals surface area contributed by atoms with Crippen LogP contribution in [0.2, 0.25) is 0 Å². The highest BCUT2D eigenvalue weighted by molar-refractivity contribution is 6.06. The summed E-state index contributed by atoms with van der Waals surface area (Å²) in [7, 11) is 0. The van der Waals surface area contributed by atoms with Crippen molar-refractivity contribution >= 4 is 57.2 Å². The first kappa shape index (κ1) is 40.7. The molecule has 0 bridgehead atoms. The van der Waals surface area contributed by atoms with Crippen molar-refractivity contribution < 1.29 is 24.3 Å². The summed E-state index contributed by atoms with van der Waals surface area (Å²) in [4.78, 5) is 61.8. The molecule has 0 saturated carbocycles. The van der Waals surface area contributed by atoms with E-state index in [1.807, 2.05) is 42.6 Å². The maximum absolute atomic E-state index is 13.5. The van der Waals surface area contributed by atoms with Gasteiger partial charge < -0.3 is 20.2 Å². The molecule has 3 N–H and O–H groups in total. The van der Waals surface area contributed by atoms with Gasteiger partial charge >= 0.3 is 6.03 Å². The highest BCUT2D eigenvalue weighted by Gasteiger charge is 2.44. The number of benzene rings is 2. The summed E-state index contributed by atoms with van der Waals surface area (Å²) >= 11 is 0. The van der Waals surface area contributed by atoms with Crippen molar-refractivity contribution in [3.05, 3.63) is 83.8 Å². The number of hydrogen-bond donors (Lipinski definition) is 3. The van der Waals surface area contributed by atoms with Crippen molar-refractivity contribution in [2.24, 2.45) is 5.92 Å². The monoisotopic (exact) mass is 852 g/mol. The largest absolute Gasteiger partial charge is 0.386 e. The predicted octanol–water partition coefficient (Wildman–Crippen LogP) is 3.93. The number of nitrogens with one attached hydrogen (secondary N) is 2. The number of piperidine rings is 2. The number of nitrogens with zero attached hydrogens (tertiary/aromatic N) is 10. The number of hydrogen-bond acceptors (Lipinski definition) is 11. The van der Waals surface area contributed by atoms with E-state index in [0.29, 0.717) is 53.1 Å². The third-order valence-electron chi connectivity index (χ3n) is 13.8. The molecule has 10 rings (SSSR count). The fourth-order valence-electron chi connectivity index (χ4n) is 10.0. The Morgan fingerprint density at radius 2 is 1.57 bits per heavy atom. The minimum Gasteiger partial charge on any atom is -0.386 e. The summed E-state index contributed by atoms with van der Waals surface area (Å²) in [6.07, 6.45) is 7.37. The van der Waals surface area contributed by atoms with E-state index in [1.165, 1.54) is 10.7 Å². The summed E-state index contributed by atoms with van der Waals surface area (Å²) in [6, 6.07) is 19.6. The molecule has 5 aliphatic heterocycles. The normalized spacial score (nSPS) is 20.2. The van der Waals surface area contributed by atoms with Crippen LogP contribution in [-0.2, 0) is 15.2 Å². The molecule has 5 saturated heterocycles. The molecule has 8 heterocycles. The molecular weight excluding hydrogens is 801 g/mol. The van der Waals surface area contributed by atoms with Gasteiger partial charge in [0.15, 0.2) is 0 Å². The average Bonchev–Trinajstić information content (AvgIpc) is 3.87. The first-order valence-corrected chi connectivity index (χ1v) is 22.1. The van der Waals surface area contributed by atoms with E-state index in [2.05, 4.69) is 46.1 Å². The van der Waals surface area contributed by atoms with Crippen LogP contribution in [0.3, 0.4) is 0 Å². The van der Waals surface area contributed by atoms with Gasteiger partial charge in [-0.15, -0.1) is 0 Å². The van der Waals surface area contributed by atoms with E-state index < -0.39 is 5.60 Å². The lowest BCUT2D eigenvalue weighted by molar-refractivity contribution is -0.147. The molecule has 2 aromatic carbocycles. The maximum Gasteiger partial charge on any atom is 0.328 e. The lowest BCUT2D eigenvalue weighted by Gasteiger charge is -2.55. The van der Waals surface area contributed by atoms with Gasteiger partial charge in [-0.05, 0) is 94.1 Å². The van der Waals surface area contributed by atoms with Gasteiger partial charge in [0.1, 0.15) is 11.8 Å². The minimum atomic E-state index is -1.24. The SMILES string of the molecule is CC(C)(O)c1cc2nn(C3CCN(C4CN(C5CN(C(=O)C6CCN(c7ccc(N8CCC(=O)NC8=O)cc7)CC6)C5)C4)CC3)cc2cc1NC(=O)c1ccc2cc(C#N)cnn12. The molecule has 0 atom stereocenters. The van der Waals surface area contributed by atoms with E-state index in [4.69, 9.17) is 5.10 Å². The Morgan fingerprint density at radius 1 is 0.857 bits per heavy atom. The molecule has 0 radical (unpaired) electrons. The van der Waals surface area contributed by atoms with Gasteiger partial charge in [0, 0.05) is 118 Å². The molecule has 5 aromatic rings. The van der Waals surface area contributed by atoms with Crippen LogP contribution in [0.25, 0.3) is 16.4 Å². The summed E-state index contributed by atoms with van der Waals surface area (Å²) < 4.78 is 3.55. The van der Waals surface area contributed by atoms with Crippen LogP contribution in [0.15, 0.2) is 67.0 Å². The first-order valence-electron chi connectivity index (χ1n) is 22.1. The summed E-state index contributed by atoms with van der Waals surface area (Å²) in [5.41, 5.74) is 3.78. The Morgan fingerprint density at radius 3 is 2.27 bits per heavy atom. The third-order valence-corrected chi connectivity index (χ3v) is 13.8. The second kappa shape index (κ2) is 16.1. The summed E-state index contributed by atoms with van der Waals surface area (Å²) in [5.74, 6) is -0.283. The molecule has 17 nitrogen and oxygen atoms in total. The van der Waals surface area contributed by atoms with Crippen LogP contribution >= 0.6 is 0 Å². The Balaban J connectivity index is 0.679. The van der Waals surface area contributed by atoms with Gasteiger partial charge in [-0.25, -0.2) is 9.31 Å².